The summed E-state index contributed by atoms with van der Waals surface area (Å²) in [4.78, 5) is 32.7. The third kappa shape index (κ3) is 2.37. The number of aromatic nitrogens is 3. The fraction of sp³-hybridized carbons (Fsp3) is 0.421. The molecule has 0 bridgehead atoms. The van der Waals surface area contributed by atoms with Gasteiger partial charge in [-0.15, -0.1) is 0 Å². The molecule has 0 spiro atoms. The highest BCUT2D eigenvalue weighted by atomic mass is 32.2. The lowest BCUT2D eigenvalue weighted by molar-refractivity contribution is -0.132. The Morgan fingerprint density at radius 3 is 2.77 bits per heavy atom. The first-order valence-electron chi connectivity index (χ1n) is 9.16. The van der Waals surface area contributed by atoms with Crippen LogP contribution in [0.5, 0.6) is 0 Å². The van der Waals surface area contributed by atoms with E-state index in [2.05, 4.69) is 0 Å². The molecular weight excluding hydrogens is 348 g/mol. The summed E-state index contributed by atoms with van der Waals surface area (Å²) in [7, 11) is 0. The van der Waals surface area contributed by atoms with Crippen molar-refractivity contribution in [2.24, 2.45) is 0 Å². The lowest BCUT2D eigenvalue weighted by Gasteiger charge is -2.27. The van der Waals surface area contributed by atoms with Crippen LogP contribution < -0.4 is 5.56 Å². The quantitative estimate of drug-likeness (QED) is 0.652. The van der Waals surface area contributed by atoms with Crippen LogP contribution in [0.2, 0.25) is 0 Å². The highest BCUT2D eigenvalue weighted by Crippen LogP contribution is 2.30. The van der Waals surface area contributed by atoms with E-state index in [1.54, 1.807) is 16.3 Å². The first kappa shape index (κ1) is 15.9. The van der Waals surface area contributed by atoms with Gasteiger partial charge in [-0.1, -0.05) is 30.0 Å². The Morgan fingerprint density at radius 2 is 1.92 bits per heavy atom. The number of hydrogen-bond acceptors (Lipinski definition) is 4. The van der Waals surface area contributed by atoms with Crippen molar-refractivity contribution in [3.63, 3.8) is 0 Å². The van der Waals surface area contributed by atoms with Crippen molar-refractivity contribution >= 4 is 39.6 Å². The molecule has 26 heavy (non-hydrogen) atoms. The van der Waals surface area contributed by atoms with Crippen molar-refractivity contribution in [2.45, 2.75) is 37.5 Å². The van der Waals surface area contributed by atoms with Gasteiger partial charge in [-0.2, -0.15) is 0 Å². The average molecular weight is 368 g/mol. The molecule has 0 N–H and O–H groups in total. The number of hydrogen-bond donors (Lipinski definition) is 0. The molecule has 1 amide bonds. The monoisotopic (exact) mass is 368 g/mol. The van der Waals surface area contributed by atoms with Gasteiger partial charge in [0, 0.05) is 30.8 Å². The van der Waals surface area contributed by atoms with Crippen LogP contribution in [0, 0.1) is 0 Å². The third-order valence-corrected chi connectivity index (χ3v) is 6.34. The van der Waals surface area contributed by atoms with Crippen LogP contribution >= 0.6 is 11.8 Å². The molecule has 0 radical (unpaired) electrons. The van der Waals surface area contributed by atoms with E-state index in [9.17, 15) is 9.59 Å². The maximum absolute atomic E-state index is 13.1. The number of benzene rings is 1. The molecule has 2 aliphatic rings. The molecule has 0 atom stereocenters. The maximum atomic E-state index is 13.1. The maximum Gasteiger partial charge on any atom is 0.278 e. The Morgan fingerprint density at radius 1 is 1.12 bits per heavy atom. The van der Waals surface area contributed by atoms with Crippen LogP contribution in [-0.2, 0) is 17.9 Å². The molecule has 1 fully saturated rings. The first-order valence-corrected chi connectivity index (χ1v) is 10.1. The van der Waals surface area contributed by atoms with Gasteiger partial charge in [0.25, 0.3) is 5.56 Å². The smallest absolute Gasteiger partial charge is 0.278 e. The van der Waals surface area contributed by atoms with E-state index in [4.69, 9.17) is 4.98 Å². The van der Waals surface area contributed by atoms with E-state index >= 15 is 0 Å². The molecule has 0 aliphatic carbocycles. The molecule has 134 valence electrons. The van der Waals surface area contributed by atoms with E-state index in [0.29, 0.717) is 12.1 Å². The van der Waals surface area contributed by atoms with Gasteiger partial charge >= 0.3 is 0 Å². The second kappa shape index (κ2) is 6.16. The number of fused-ring (bicyclic) bond motifs is 4. The van der Waals surface area contributed by atoms with Crippen molar-refractivity contribution in [3.05, 3.63) is 34.6 Å². The summed E-state index contributed by atoms with van der Waals surface area (Å²) in [5.74, 6) is 0.964. The molecule has 2 aliphatic heterocycles. The van der Waals surface area contributed by atoms with Crippen LogP contribution in [0.3, 0.4) is 0 Å². The van der Waals surface area contributed by atoms with Crippen molar-refractivity contribution in [3.8, 4) is 0 Å². The Hall–Kier alpha value is -2.28. The molecule has 7 heteroatoms. The van der Waals surface area contributed by atoms with Crippen molar-refractivity contribution in [1.82, 2.24) is 19.0 Å². The predicted molar refractivity (Wildman–Crippen MR) is 103 cm³/mol. The Bertz CT molecular complexity index is 1080. The molecule has 0 saturated carbocycles. The van der Waals surface area contributed by atoms with Crippen molar-refractivity contribution in [1.29, 1.82) is 0 Å². The van der Waals surface area contributed by atoms with E-state index in [1.165, 1.54) is 6.42 Å². The molecular formula is C19H20N4O2S. The van der Waals surface area contributed by atoms with Crippen LogP contribution in [0.25, 0.3) is 21.9 Å². The van der Waals surface area contributed by atoms with Crippen molar-refractivity contribution in [2.75, 3.05) is 18.8 Å². The number of rotatable bonds is 2. The minimum absolute atomic E-state index is 0.0300. The van der Waals surface area contributed by atoms with Gasteiger partial charge in [0.15, 0.2) is 5.16 Å². The summed E-state index contributed by atoms with van der Waals surface area (Å²) in [6.45, 7) is 2.52. The fourth-order valence-corrected chi connectivity index (χ4v) is 5.01. The summed E-state index contributed by atoms with van der Waals surface area (Å²) in [6.07, 6.45) is 3.32. The molecule has 2 aromatic heterocycles. The Labute approximate surface area is 154 Å². The van der Waals surface area contributed by atoms with Crippen molar-refractivity contribution < 1.29 is 4.79 Å². The van der Waals surface area contributed by atoms with Gasteiger partial charge in [-0.05, 0) is 25.3 Å². The van der Waals surface area contributed by atoms with E-state index in [1.807, 2.05) is 33.7 Å². The van der Waals surface area contributed by atoms with Crippen LogP contribution in [-0.4, -0.2) is 43.8 Å². The van der Waals surface area contributed by atoms with Crippen LogP contribution in [0.4, 0.5) is 0 Å². The second-order valence-corrected chi connectivity index (χ2v) is 8.00. The number of para-hydroxylation sites is 1. The van der Waals surface area contributed by atoms with Gasteiger partial charge in [-0.3, -0.25) is 14.2 Å². The van der Waals surface area contributed by atoms with E-state index in [0.717, 1.165) is 53.3 Å². The summed E-state index contributed by atoms with van der Waals surface area (Å²) in [5.41, 5.74) is 2.16. The summed E-state index contributed by atoms with van der Waals surface area (Å²) in [6, 6.07) is 7.87. The van der Waals surface area contributed by atoms with E-state index < -0.39 is 0 Å². The number of amides is 1. The molecule has 6 nitrogen and oxygen atoms in total. The average Bonchev–Trinajstić information content (AvgIpc) is 3.27. The third-order valence-electron chi connectivity index (χ3n) is 5.38. The largest absolute Gasteiger partial charge is 0.341 e. The SMILES string of the molecule is O=C(Cn1c2ccccc2c2nc3n(c(=O)c21)CCS3)N1CCCCC1. The minimum atomic E-state index is -0.0300. The van der Waals surface area contributed by atoms with Gasteiger partial charge in [0.1, 0.15) is 17.6 Å². The number of thioether (sulfide) groups is 1. The Balaban J connectivity index is 1.70. The van der Waals surface area contributed by atoms with E-state index in [-0.39, 0.29) is 18.0 Å². The van der Waals surface area contributed by atoms with Gasteiger partial charge in [0.2, 0.25) is 5.91 Å². The Kier molecular flexibility index (Phi) is 3.77. The number of carbonyl (C=O) groups is 1. The standard InChI is InChI=1S/C19H20N4O2S/c24-15(21-8-4-1-5-9-21)12-23-14-7-3-2-6-13(14)16-17(23)18(25)22-10-11-26-19(22)20-16/h2-3,6-7H,1,4-5,8-12H2. The zero-order chi connectivity index (χ0) is 17.7. The number of carbonyl (C=O) groups excluding carboxylic acids is 1. The molecule has 5 rings (SSSR count). The van der Waals surface area contributed by atoms with Crippen LogP contribution in [0.1, 0.15) is 19.3 Å². The number of piperidine rings is 1. The fourth-order valence-electron chi connectivity index (χ4n) is 4.06. The summed E-state index contributed by atoms with van der Waals surface area (Å²) in [5, 5.41) is 1.73. The zero-order valence-corrected chi connectivity index (χ0v) is 15.3. The molecule has 3 aromatic rings. The lowest BCUT2D eigenvalue weighted by Crippen LogP contribution is -2.38. The number of likely N-dealkylation sites (tertiary alicyclic amines) is 1. The summed E-state index contributed by atoms with van der Waals surface area (Å²) >= 11 is 1.62. The first-order chi connectivity index (χ1) is 12.7. The number of nitrogens with zero attached hydrogens (tertiary/aromatic N) is 4. The van der Waals surface area contributed by atoms with Gasteiger partial charge in [-0.25, -0.2) is 4.98 Å². The zero-order valence-electron chi connectivity index (χ0n) is 14.5. The predicted octanol–water partition coefficient (Wildman–Crippen LogP) is 2.47. The molecule has 0 unspecified atom stereocenters. The topological polar surface area (TPSA) is 60.1 Å². The molecule has 4 heterocycles. The molecule has 1 aromatic carbocycles. The lowest BCUT2D eigenvalue weighted by atomic mass is 10.1. The highest BCUT2D eigenvalue weighted by molar-refractivity contribution is 7.99. The highest BCUT2D eigenvalue weighted by Gasteiger charge is 2.24. The summed E-state index contributed by atoms with van der Waals surface area (Å²) < 4.78 is 3.63. The molecule has 1 saturated heterocycles. The van der Waals surface area contributed by atoms with Gasteiger partial charge in [0.05, 0.1) is 5.52 Å². The minimum Gasteiger partial charge on any atom is -0.341 e. The van der Waals surface area contributed by atoms with Crippen LogP contribution in [0.15, 0.2) is 34.2 Å². The second-order valence-electron chi connectivity index (χ2n) is 6.94. The van der Waals surface area contributed by atoms with Gasteiger partial charge < -0.3 is 9.47 Å². The normalized spacial score (nSPS) is 17.2.